The summed E-state index contributed by atoms with van der Waals surface area (Å²) in [4.78, 5) is 21.3. The number of nitrogens with one attached hydrogen (secondary N) is 1. The second-order valence-corrected chi connectivity index (χ2v) is 4.42. The Morgan fingerprint density at radius 2 is 2.10 bits per heavy atom. The van der Waals surface area contributed by atoms with Gasteiger partial charge in [-0.25, -0.2) is 0 Å². The van der Waals surface area contributed by atoms with E-state index in [2.05, 4.69) is 5.32 Å². The van der Waals surface area contributed by atoms with Gasteiger partial charge in [-0.2, -0.15) is 13.2 Å². The van der Waals surface area contributed by atoms with Crippen LogP contribution in [-0.4, -0.2) is 22.0 Å². The molecule has 0 spiro atoms. The third-order valence-electron chi connectivity index (χ3n) is 2.59. The van der Waals surface area contributed by atoms with Crippen LogP contribution >= 0.6 is 0 Å². The molecular weight excluding hydrogens is 293 g/mol. The van der Waals surface area contributed by atoms with Gasteiger partial charge in [0, 0.05) is 12.5 Å². The van der Waals surface area contributed by atoms with Crippen LogP contribution in [0.15, 0.2) is 18.2 Å². The molecule has 2 N–H and O–H groups in total. The van der Waals surface area contributed by atoms with Gasteiger partial charge in [0.25, 0.3) is 5.69 Å². The van der Waals surface area contributed by atoms with Crippen molar-refractivity contribution >= 4 is 17.3 Å². The number of carbonyl (C=O) groups excluding carboxylic acids is 1. The Labute approximate surface area is 117 Å². The molecular formula is C12H13F3N2O4. The summed E-state index contributed by atoms with van der Waals surface area (Å²) in [6, 6.07) is 1.85. The molecule has 116 valence electrons. The SMILES string of the molecule is CC(O)CCC(=O)Nc1ccc(C(F)(F)F)cc1[N+](=O)[O-]. The zero-order valence-electron chi connectivity index (χ0n) is 11.0. The van der Waals surface area contributed by atoms with E-state index >= 15 is 0 Å². The third kappa shape index (κ3) is 5.03. The van der Waals surface area contributed by atoms with Crippen LogP contribution in [0, 0.1) is 10.1 Å². The van der Waals surface area contributed by atoms with Gasteiger partial charge in [0.05, 0.1) is 16.6 Å². The number of anilines is 1. The summed E-state index contributed by atoms with van der Waals surface area (Å²) in [5, 5.41) is 22.0. The Kier molecular flexibility index (Phi) is 5.25. The maximum Gasteiger partial charge on any atom is 0.416 e. The van der Waals surface area contributed by atoms with Crippen molar-refractivity contribution in [3.63, 3.8) is 0 Å². The van der Waals surface area contributed by atoms with Gasteiger partial charge in [-0.3, -0.25) is 14.9 Å². The summed E-state index contributed by atoms with van der Waals surface area (Å²) in [5.41, 5.74) is -2.32. The van der Waals surface area contributed by atoms with Crippen molar-refractivity contribution in [3.8, 4) is 0 Å². The fourth-order valence-corrected chi connectivity index (χ4v) is 1.52. The topological polar surface area (TPSA) is 92.5 Å². The number of hydrogen-bond donors (Lipinski definition) is 2. The molecule has 0 aliphatic heterocycles. The van der Waals surface area contributed by atoms with Crippen molar-refractivity contribution in [3.05, 3.63) is 33.9 Å². The number of aliphatic hydroxyl groups is 1. The first-order chi connectivity index (χ1) is 9.61. The van der Waals surface area contributed by atoms with Crippen LogP contribution in [0.2, 0.25) is 0 Å². The summed E-state index contributed by atoms with van der Waals surface area (Å²) in [6.45, 7) is 1.47. The summed E-state index contributed by atoms with van der Waals surface area (Å²) in [5.74, 6) is -0.626. The molecule has 1 aromatic carbocycles. The number of nitro benzene ring substituents is 1. The second-order valence-electron chi connectivity index (χ2n) is 4.42. The Bertz CT molecular complexity index is 544. The van der Waals surface area contributed by atoms with Gasteiger partial charge < -0.3 is 10.4 Å². The van der Waals surface area contributed by atoms with E-state index in [9.17, 15) is 28.1 Å². The molecule has 1 atom stereocenters. The average Bonchev–Trinajstić information content (AvgIpc) is 2.35. The second kappa shape index (κ2) is 6.53. The highest BCUT2D eigenvalue weighted by atomic mass is 19.4. The van der Waals surface area contributed by atoms with Gasteiger partial charge in [-0.15, -0.1) is 0 Å². The minimum Gasteiger partial charge on any atom is -0.393 e. The molecule has 0 saturated carbocycles. The predicted octanol–water partition coefficient (Wildman–Crippen LogP) is 2.71. The largest absolute Gasteiger partial charge is 0.416 e. The van der Waals surface area contributed by atoms with E-state index in [-0.39, 0.29) is 18.5 Å². The summed E-state index contributed by atoms with van der Waals surface area (Å²) >= 11 is 0. The van der Waals surface area contributed by atoms with Crippen molar-refractivity contribution in [2.75, 3.05) is 5.32 Å². The molecule has 9 heteroatoms. The molecule has 1 unspecified atom stereocenters. The fourth-order valence-electron chi connectivity index (χ4n) is 1.52. The highest BCUT2D eigenvalue weighted by Gasteiger charge is 2.33. The molecule has 0 fully saturated rings. The monoisotopic (exact) mass is 306 g/mol. The summed E-state index contributed by atoms with van der Waals surface area (Å²) in [7, 11) is 0. The molecule has 0 aliphatic rings. The van der Waals surface area contributed by atoms with Crippen LogP contribution in [0.3, 0.4) is 0 Å². The first kappa shape index (κ1) is 16.9. The van der Waals surface area contributed by atoms with Crippen molar-refractivity contribution in [2.45, 2.75) is 32.0 Å². The van der Waals surface area contributed by atoms with E-state index in [0.29, 0.717) is 12.1 Å². The molecule has 1 rings (SSSR count). The smallest absolute Gasteiger partial charge is 0.393 e. The molecule has 0 heterocycles. The van der Waals surface area contributed by atoms with E-state index in [4.69, 9.17) is 5.11 Å². The zero-order valence-corrected chi connectivity index (χ0v) is 11.0. The lowest BCUT2D eigenvalue weighted by atomic mass is 10.1. The first-order valence-corrected chi connectivity index (χ1v) is 5.95. The molecule has 1 amide bonds. The van der Waals surface area contributed by atoms with E-state index in [1.165, 1.54) is 6.92 Å². The Balaban J connectivity index is 2.97. The lowest BCUT2D eigenvalue weighted by Crippen LogP contribution is -2.15. The van der Waals surface area contributed by atoms with Gasteiger partial charge in [0.1, 0.15) is 5.69 Å². The Morgan fingerprint density at radius 1 is 1.48 bits per heavy atom. The average molecular weight is 306 g/mol. The maximum absolute atomic E-state index is 12.5. The van der Waals surface area contributed by atoms with Crippen molar-refractivity contribution < 1.29 is 28.0 Å². The number of rotatable bonds is 5. The van der Waals surface area contributed by atoms with Crippen LogP contribution in [-0.2, 0) is 11.0 Å². The minimum absolute atomic E-state index is 0.101. The van der Waals surface area contributed by atoms with Crippen LogP contribution in [0.1, 0.15) is 25.3 Å². The first-order valence-electron chi connectivity index (χ1n) is 5.95. The molecule has 1 aromatic rings. The number of alkyl halides is 3. The van der Waals surface area contributed by atoms with E-state index < -0.39 is 34.4 Å². The number of hydrogen-bond acceptors (Lipinski definition) is 4. The number of nitro groups is 1. The highest BCUT2D eigenvalue weighted by Crippen LogP contribution is 2.34. The fraction of sp³-hybridized carbons (Fsp3) is 0.417. The van der Waals surface area contributed by atoms with Gasteiger partial charge >= 0.3 is 6.18 Å². The number of halogens is 3. The zero-order chi connectivity index (χ0) is 16.2. The molecule has 0 radical (unpaired) electrons. The predicted molar refractivity (Wildman–Crippen MR) is 67.6 cm³/mol. The van der Waals surface area contributed by atoms with Gasteiger partial charge in [-0.05, 0) is 25.5 Å². The maximum atomic E-state index is 12.5. The van der Waals surface area contributed by atoms with Crippen LogP contribution < -0.4 is 5.32 Å². The molecule has 0 aliphatic carbocycles. The Morgan fingerprint density at radius 3 is 2.57 bits per heavy atom. The lowest BCUT2D eigenvalue weighted by molar-refractivity contribution is -0.384. The molecule has 0 bridgehead atoms. The van der Waals surface area contributed by atoms with Crippen LogP contribution in [0.5, 0.6) is 0 Å². The Hall–Kier alpha value is -2.16. The summed E-state index contributed by atoms with van der Waals surface area (Å²) < 4.78 is 37.5. The van der Waals surface area contributed by atoms with Gasteiger partial charge in [0.2, 0.25) is 5.91 Å². The van der Waals surface area contributed by atoms with Crippen molar-refractivity contribution in [1.82, 2.24) is 0 Å². The van der Waals surface area contributed by atoms with Crippen molar-refractivity contribution in [2.24, 2.45) is 0 Å². The molecule has 0 aromatic heterocycles. The van der Waals surface area contributed by atoms with E-state index in [0.717, 1.165) is 6.07 Å². The number of benzene rings is 1. The number of amides is 1. The third-order valence-corrected chi connectivity index (χ3v) is 2.59. The molecule has 21 heavy (non-hydrogen) atoms. The molecule has 0 saturated heterocycles. The van der Waals surface area contributed by atoms with Gasteiger partial charge in [-0.1, -0.05) is 0 Å². The number of aliphatic hydroxyl groups excluding tert-OH is 1. The quantitative estimate of drug-likeness (QED) is 0.646. The van der Waals surface area contributed by atoms with E-state index in [1.807, 2.05) is 0 Å². The minimum atomic E-state index is -4.71. The highest BCUT2D eigenvalue weighted by molar-refractivity contribution is 5.93. The normalized spacial score (nSPS) is 12.8. The lowest BCUT2D eigenvalue weighted by Gasteiger charge is -2.10. The number of carbonyl (C=O) groups is 1. The van der Waals surface area contributed by atoms with E-state index in [1.54, 1.807) is 0 Å². The van der Waals surface area contributed by atoms with Crippen molar-refractivity contribution in [1.29, 1.82) is 0 Å². The van der Waals surface area contributed by atoms with Crippen LogP contribution in [0.25, 0.3) is 0 Å². The van der Waals surface area contributed by atoms with Gasteiger partial charge in [0.15, 0.2) is 0 Å². The van der Waals surface area contributed by atoms with Crippen LogP contribution in [0.4, 0.5) is 24.5 Å². The standard InChI is InChI=1S/C12H13F3N2O4/c1-7(18)2-5-11(19)16-9-4-3-8(12(13,14)15)6-10(9)17(20)21/h3-4,6-7,18H,2,5H2,1H3,(H,16,19). The summed E-state index contributed by atoms with van der Waals surface area (Å²) in [6.07, 6.45) is -5.39. The molecule has 6 nitrogen and oxygen atoms in total. The number of nitrogens with zero attached hydrogens (tertiary/aromatic N) is 1.